The third-order valence-corrected chi connectivity index (χ3v) is 3.68. The van der Waals surface area contributed by atoms with Crippen molar-refractivity contribution in [2.45, 2.75) is 84.0 Å². The lowest BCUT2D eigenvalue weighted by Crippen LogP contribution is -2.35. The molecule has 0 saturated carbocycles. The van der Waals surface area contributed by atoms with Crippen molar-refractivity contribution in [2.75, 3.05) is 27.7 Å². The topological polar surface area (TPSA) is 0 Å². The van der Waals surface area contributed by atoms with Crippen LogP contribution in [0.5, 0.6) is 0 Å². The second-order valence-electron chi connectivity index (χ2n) is 6.90. The van der Waals surface area contributed by atoms with E-state index in [1.165, 1.54) is 83.6 Å². The van der Waals surface area contributed by atoms with Crippen LogP contribution >= 0.6 is 26.9 Å². The average molecular weight is 371 g/mol. The number of hydrogen-bond donors (Lipinski definition) is 0. The third kappa shape index (κ3) is 23.9. The van der Waals surface area contributed by atoms with Gasteiger partial charge in [-0.25, -0.2) is 0 Å². The van der Waals surface area contributed by atoms with Gasteiger partial charge in [0.15, 0.2) is 0 Å². The Balaban J connectivity index is -0.00000144. The molecule has 0 fully saturated rings. The smallest absolute Gasteiger partial charge is 0.0780 e. The fourth-order valence-electron chi connectivity index (χ4n) is 2.43. The van der Waals surface area contributed by atoms with Gasteiger partial charge in [0, 0.05) is 0 Å². The maximum absolute atomic E-state index is 2.29. The normalized spacial score (nSPS) is 10.8. The molecule has 0 spiro atoms. The van der Waals surface area contributed by atoms with Gasteiger partial charge in [-0.1, -0.05) is 71.1 Å². The molecule has 1 atom stereocenters. The minimum atomic E-state index is 0. The molecule has 0 aliphatic heterocycles. The highest BCUT2D eigenvalue weighted by atomic mass is 79.9. The van der Waals surface area contributed by atoms with Gasteiger partial charge < -0.3 is 4.48 Å². The number of nitrogens with zero attached hydrogens (tertiary/aromatic N) is 1. The van der Waals surface area contributed by atoms with Crippen LogP contribution in [0.4, 0.5) is 0 Å². The average Bonchev–Trinajstić information content (AvgIpc) is 2.29. The first-order valence-corrected chi connectivity index (χ1v) is 8.36. The summed E-state index contributed by atoms with van der Waals surface area (Å²) in [6, 6.07) is 0. The summed E-state index contributed by atoms with van der Waals surface area (Å²) in [5.74, 6) is 0. The summed E-state index contributed by atoms with van der Waals surface area (Å²) in [7, 11) is 6.87. The van der Waals surface area contributed by atoms with Gasteiger partial charge in [0.2, 0.25) is 0 Å². The zero-order valence-electron chi connectivity index (χ0n) is 14.8. The van der Waals surface area contributed by atoms with Gasteiger partial charge >= 0.3 is 0 Å². The van der Waals surface area contributed by atoms with Crippen molar-refractivity contribution in [2.24, 2.45) is 0 Å². The second kappa shape index (κ2) is 17.9. The van der Waals surface area contributed by atoms with E-state index in [-0.39, 0.29) is 26.9 Å². The summed E-state index contributed by atoms with van der Waals surface area (Å²) in [5.41, 5.74) is 0. The summed E-state index contributed by atoms with van der Waals surface area (Å²) in [6.07, 6.45) is 17.4. The van der Waals surface area contributed by atoms with Gasteiger partial charge in [-0.15, -0.1) is 17.0 Å². The molecule has 0 rings (SSSR count). The Morgan fingerprint density at radius 2 is 0.850 bits per heavy atom. The highest BCUT2D eigenvalue weighted by Gasteiger charge is 2.04. The number of rotatable bonds is 13. The highest BCUT2D eigenvalue weighted by Crippen LogP contribution is 2.12. The van der Waals surface area contributed by atoms with Crippen molar-refractivity contribution < 1.29 is 4.48 Å². The molecular weight excluding hydrogens is 329 g/mol. The van der Waals surface area contributed by atoms with E-state index in [0.29, 0.717) is 0 Å². The van der Waals surface area contributed by atoms with Crippen LogP contribution in [0.3, 0.4) is 0 Å². The molecule has 0 bridgehead atoms. The minimum absolute atomic E-state index is 0. The molecule has 0 radical (unpaired) electrons. The van der Waals surface area contributed by atoms with Crippen LogP contribution in [-0.4, -0.2) is 32.2 Å². The Morgan fingerprint density at radius 3 is 1.15 bits per heavy atom. The number of hydrogen-bond acceptors (Lipinski definition) is 0. The van der Waals surface area contributed by atoms with Gasteiger partial charge in [0.05, 0.1) is 27.7 Å². The molecule has 0 heterocycles. The molecule has 0 saturated heterocycles. The van der Waals surface area contributed by atoms with E-state index in [4.69, 9.17) is 0 Å². The molecule has 0 amide bonds. The molecular formula is C17H42BrNP+. The first kappa shape index (κ1) is 25.8. The van der Waals surface area contributed by atoms with E-state index in [2.05, 4.69) is 28.1 Å². The molecule has 0 aliphatic carbocycles. The SMILES string of the molecule is Br.CCCCCCCCCCCCCC[N+](C)(C)C.P. The molecule has 1 unspecified atom stereocenters. The number of quaternary nitrogens is 1. The van der Waals surface area contributed by atoms with E-state index in [1.54, 1.807) is 0 Å². The van der Waals surface area contributed by atoms with Crippen molar-refractivity contribution in [3.63, 3.8) is 0 Å². The summed E-state index contributed by atoms with van der Waals surface area (Å²) in [4.78, 5) is 0. The Kier molecular flexibility index (Phi) is 23.1. The molecule has 20 heavy (non-hydrogen) atoms. The maximum atomic E-state index is 2.29. The monoisotopic (exact) mass is 370 g/mol. The third-order valence-electron chi connectivity index (χ3n) is 3.68. The van der Waals surface area contributed by atoms with E-state index in [0.717, 1.165) is 4.48 Å². The van der Waals surface area contributed by atoms with Crippen LogP contribution in [0, 0.1) is 0 Å². The standard InChI is InChI=1S/C17H38N.BrH.H3P/c1-5-6-7-8-9-10-11-12-13-14-15-16-17-18(2,3)4;;/h5-17H2,1-4H3;1H;1H3/q+1;;. The predicted octanol–water partition coefficient (Wildman–Crippen LogP) is 6.03. The number of halogens is 1. The van der Waals surface area contributed by atoms with Crippen molar-refractivity contribution in [3.8, 4) is 0 Å². The minimum Gasteiger partial charge on any atom is -0.331 e. The zero-order chi connectivity index (χ0) is 13.7. The Labute approximate surface area is 143 Å². The van der Waals surface area contributed by atoms with Crippen molar-refractivity contribution in [3.05, 3.63) is 0 Å². The van der Waals surface area contributed by atoms with Crippen molar-refractivity contribution in [1.29, 1.82) is 0 Å². The van der Waals surface area contributed by atoms with Crippen LogP contribution in [0.2, 0.25) is 0 Å². The van der Waals surface area contributed by atoms with Gasteiger partial charge in [0.25, 0.3) is 0 Å². The Bertz CT molecular complexity index is 169. The molecule has 0 aliphatic rings. The van der Waals surface area contributed by atoms with Crippen molar-refractivity contribution >= 4 is 26.9 Å². The Morgan fingerprint density at radius 1 is 0.550 bits per heavy atom. The summed E-state index contributed by atoms with van der Waals surface area (Å²) < 4.78 is 1.12. The lowest BCUT2D eigenvalue weighted by atomic mass is 10.1. The lowest BCUT2D eigenvalue weighted by Gasteiger charge is -2.23. The fourth-order valence-corrected chi connectivity index (χ4v) is 2.43. The number of unbranched alkanes of at least 4 members (excludes halogenated alkanes) is 11. The molecule has 126 valence electrons. The quantitative estimate of drug-likeness (QED) is 0.211. The summed E-state index contributed by atoms with van der Waals surface area (Å²) in [6.45, 7) is 3.62. The van der Waals surface area contributed by atoms with E-state index in [1.807, 2.05) is 0 Å². The first-order valence-electron chi connectivity index (χ1n) is 8.36. The highest BCUT2D eigenvalue weighted by molar-refractivity contribution is 8.93. The van der Waals surface area contributed by atoms with Gasteiger partial charge in [-0.3, -0.25) is 0 Å². The van der Waals surface area contributed by atoms with Crippen molar-refractivity contribution in [1.82, 2.24) is 0 Å². The molecule has 0 aromatic carbocycles. The predicted molar refractivity (Wildman–Crippen MR) is 105 cm³/mol. The van der Waals surface area contributed by atoms with Crippen LogP contribution in [-0.2, 0) is 0 Å². The molecule has 0 aromatic rings. The lowest BCUT2D eigenvalue weighted by molar-refractivity contribution is -0.870. The fraction of sp³-hybridized carbons (Fsp3) is 1.00. The molecule has 3 heteroatoms. The second-order valence-corrected chi connectivity index (χ2v) is 6.90. The first-order chi connectivity index (χ1) is 8.56. The van der Waals surface area contributed by atoms with Crippen LogP contribution < -0.4 is 0 Å². The van der Waals surface area contributed by atoms with E-state index in [9.17, 15) is 0 Å². The summed E-state index contributed by atoms with van der Waals surface area (Å²) >= 11 is 0. The summed E-state index contributed by atoms with van der Waals surface area (Å²) in [5, 5.41) is 0. The maximum Gasteiger partial charge on any atom is 0.0780 e. The van der Waals surface area contributed by atoms with Gasteiger partial charge in [0.1, 0.15) is 0 Å². The molecule has 0 aromatic heterocycles. The van der Waals surface area contributed by atoms with E-state index < -0.39 is 0 Å². The molecule has 0 N–H and O–H groups in total. The largest absolute Gasteiger partial charge is 0.331 e. The zero-order valence-corrected chi connectivity index (χ0v) is 17.9. The Hall–Kier alpha value is 0.870. The van der Waals surface area contributed by atoms with Crippen LogP contribution in [0.15, 0.2) is 0 Å². The van der Waals surface area contributed by atoms with Crippen LogP contribution in [0.25, 0.3) is 0 Å². The molecule has 1 nitrogen and oxygen atoms in total. The van der Waals surface area contributed by atoms with Crippen LogP contribution in [0.1, 0.15) is 84.0 Å². The van der Waals surface area contributed by atoms with Gasteiger partial charge in [-0.2, -0.15) is 9.90 Å². The van der Waals surface area contributed by atoms with Gasteiger partial charge in [-0.05, 0) is 12.8 Å². The van der Waals surface area contributed by atoms with E-state index >= 15 is 0 Å².